The molecule has 5 rings (SSSR count). The first kappa shape index (κ1) is 23.8. The van der Waals surface area contributed by atoms with Crippen LogP contribution in [0.25, 0.3) is 16.0 Å². The first-order valence-electron chi connectivity index (χ1n) is 11.2. The number of hydrogen-bond donors (Lipinski definition) is 1. The van der Waals surface area contributed by atoms with Gasteiger partial charge in [-0.1, -0.05) is 47.2 Å². The molecule has 0 spiro atoms. The Kier molecular flexibility index (Phi) is 6.38. The highest BCUT2D eigenvalue weighted by Gasteiger charge is 2.48. The Morgan fingerprint density at radius 3 is 2.64 bits per heavy atom. The molecule has 36 heavy (non-hydrogen) atoms. The third-order valence-electron chi connectivity index (χ3n) is 5.82. The standard InChI is InChI=1S/C27H21ClN2O5S/c1-3-35-19-9-5-7-16(13-19)24(31)22-23(15-6-4-8-17(28)12-15)30(26(33)25(22)32)27-29-20-11-10-18(34-2)14-21(20)36-27/h4-14,23,31H,3H2,1-2H3/b24-22+. The van der Waals surface area contributed by atoms with Gasteiger partial charge in [0.1, 0.15) is 17.3 Å². The van der Waals surface area contributed by atoms with Crippen molar-refractivity contribution in [1.82, 2.24) is 4.98 Å². The van der Waals surface area contributed by atoms with E-state index in [-0.39, 0.29) is 11.3 Å². The van der Waals surface area contributed by atoms with E-state index in [0.29, 0.717) is 44.9 Å². The monoisotopic (exact) mass is 520 g/mol. The second-order valence-corrected chi connectivity index (χ2v) is 9.46. The molecule has 3 aromatic carbocycles. The number of halogens is 1. The van der Waals surface area contributed by atoms with Crippen LogP contribution < -0.4 is 14.4 Å². The predicted molar refractivity (Wildman–Crippen MR) is 140 cm³/mol. The van der Waals surface area contributed by atoms with E-state index in [9.17, 15) is 14.7 Å². The number of fused-ring (bicyclic) bond motifs is 1. The smallest absolute Gasteiger partial charge is 0.301 e. The van der Waals surface area contributed by atoms with Crippen molar-refractivity contribution in [2.45, 2.75) is 13.0 Å². The largest absolute Gasteiger partial charge is 0.507 e. The van der Waals surface area contributed by atoms with E-state index in [0.717, 1.165) is 4.70 Å². The molecular weight excluding hydrogens is 500 g/mol. The van der Waals surface area contributed by atoms with Gasteiger partial charge in [0, 0.05) is 10.6 Å². The van der Waals surface area contributed by atoms with Gasteiger partial charge in [-0.25, -0.2) is 4.98 Å². The van der Waals surface area contributed by atoms with Crippen molar-refractivity contribution in [1.29, 1.82) is 0 Å². The van der Waals surface area contributed by atoms with E-state index < -0.39 is 17.7 Å². The lowest BCUT2D eigenvalue weighted by Crippen LogP contribution is -2.29. The van der Waals surface area contributed by atoms with Gasteiger partial charge in [-0.3, -0.25) is 14.5 Å². The number of hydrogen-bond acceptors (Lipinski definition) is 7. The van der Waals surface area contributed by atoms with Crippen LogP contribution in [-0.4, -0.2) is 35.5 Å². The molecule has 1 unspecified atom stereocenters. The summed E-state index contributed by atoms with van der Waals surface area (Å²) in [6, 6.07) is 18.1. The van der Waals surface area contributed by atoms with E-state index in [1.165, 1.54) is 16.2 Å². The Bertz CT molecular complexity index is 1530. The molecule has 9 heteroatoms. The molecule has 4 aromatic rings. The maximum atomic E-state index is 13.4. The summed E-state index contributed by atoms with van der Waals surface area (Å²) in [5.74, 6) is -0.703. The van der Waals surface area contributed by atoms with Gasteiger partial charge in [-0.2, -0.15) is 0 Å². The van der Waals surface area contributed by atoms with Crippen LogP contribution in [0.1, 0.15) is 24.1 Å². The third kappa shape index (κ3) is 4.19. The third-order valence-corrected chi connectivity index (χ3v) is 7.07. The molecule has 1 amide bonds. The number of anilines is 1. The number of thiazole rings is 1. The van der Waals surface area contributed by atoms with Crippen LogP contribution in [0.4, 0.5) is 5.13 Å². The fraction of sp³-hybridized carbons (Fsp3) is 0.148. The van der Waals surface area contributed by atoms with Gasteiger partial charge in [0.25, 0.3) is 5.78 Å². The molecule has 7 nitrogen and oxygen atoms in total. The molecule has 2 heterocycles. The maximum absolute atomic E-state index is 13.4. The fourth-order valence-corrected chi connectivity index (χ4v) is 5.42. The molecule has 0 aliphatic carbocycles. The van der Waals surface area contributed by atoms with E-state index in [4.69, 9.17) is 21.1 Å². The number of carbonyl (C=O) groups is 2. The van der Waals surface area contributed by atoms with Gasteiger partial charge in [-0.15, -0.1) is 0 Å². The van der Waals surface area contributed by atoms with E-state index in [1.807, 2.05) is 13.0 Å². The lowest BCUT2D eigenvalue weighted by molar-refractivity contribution is -0.132. The number of aliphatic hydroxyl groups excluding tert-OH is 1. The minimum absolute atomic E-state index is 0.0484. The number of methoxy groups -OCH3 is 1. The molecular formula is C27H21ClN2O5S. The lowest BCUT2D eigenvalue weighted by Gasteiger charge is -2.23. The number of Topliss-reactive ketones (excluding diaryl/α,β-unsaturated/α-hetero) is 1. The molecule has 0 saturated carbocycles. The van der Waals surface area contributed by atoms with Crippen molar-refractivity contribution < 1.29 is 24.2 Å². The molecule has 0 bridgehead atoms. The van der Waals surface area contributed by atoms with Gasteiger partial charge in [-0.05, 0) is 55.0 Å². The highest BCUT2D eigenvalue weighted by atomic mass is 35.5. The van der Waals surface area contributed by atoms with Gasteiger partial charge < -0.3 is 14.6 Å². The Labute approximate surface area is 216 Å². The highest BCUT2D eigenvalue weighted by Crippen LogP contribution is 2.45. The van der Waals surface area contributed by atoms with Crippen LogP contribution in [0.5, 0.6) is 11.5 Å². The second kappa shape index (κ2) is 9.64. The summed E-state index contributed by atoms with van der Waals surface area (Å²) in [6.07, 6.45) is 0. The Balaban J connectivity index is 1.70. The Morgan fingerprint density at radius 1 is 1.08 bits per heavy atom. The minimum Gasteiger partial charge on any atom is -0.507 e. The molecule has 1 aliphatic heterocycles. The van der Waals surface area contributed by atoms with E-state index >= 15 is 0 Å². The van der Waals surface area contributed by atoms with Gasteiger partial charge in [0.05, 0.1) is 35.5 Å². The Hall–Kier alpha value is -3.88. The summed E-state index contributed by atoms with van der Waals surface area (Å²) in [6.45, 7) is 2.30. The van der Waals surface area contributed by atoms with Crippen LogP contribution in [0.2, 0.25) is 5.02 Å². The molecule has 1 atom stereocenters. The first-order chi connectivity index (χ1) is 17.4. The van der Waals surface area contributed by atoms with Gasteiger partial charge >= 0.3 is 5.91 Å². The summed E-state index contributed by atoms with van der Waals surface area (Å²) in [5, 5.41) is 12.1. The minimum atomic E-state index is -0.929. The van der Waals surface area contributed by atoms with Crippen LogP contribution >= 0.6 is 22.9 Å². The van der Waals surface area contributed by atoms with Crippen LogP contribution in [0.3, 0.4) is 0 Å². The average Bonchev–Trinajstić information content (AvgIpc) is 3.41. The molecule has 1 aromatic heterocycles. The normalized spacial score (nSPS) is 17.1. The van der Waals surface area contributed by atoms with Crippen LogP contribution in [0.15, 0.2) is 72.3 Å². The zero-order valence-electron chi connectivity index (χ0n) is 19.4. The summed E-state index contributed by atoms with van der Waals surface area (Å²) < 4.78 is 11.6. The quantitative estimate of drug-likeness (QED) is 0.191. The number of benzene rings is 3. The fourth-order valence-electron chi connectivity index (χ4n) is 4.20. The van der Waals surface area contributed by atoms with E-state index in [1.54, 1.807) is 67.8 Å². The molecule has 0 radical (unpaired) electrons. The number of aromatic nitrogens is 1. The maximum Gasteiger partial charge on any atom is 0.301 e. The highest BCUT2D eigenvalue weighted by molar-refractivity contribution is 7.22. The van der Waals surface area contributed by atoms with E-state index in [2.05, 4.69) is 4.98 Å². The number of aliphatic hydroxyl groups is 1. The van der Waals surface area contributed by atoms with Crippen molar-refractivity contribution in [3.05, 3.63) is 88.5 Å². The predicted octanol–water partition coefficient (Wildman–Crippen LogP) is 5.98. The second-order valence-electron chi connectivity index (χ2n) is 8.02. The zero-order valence-corrected chi connectivity index (χ0v) is 21.0. The van der Waals surface area contributed by atoms with Crippen molar-refractivity contribution in [3.63, 3.8) is 0 Å². The van der Waals surface area contributed by atoms with Gasteiger partial charge in [0.2, 0.25) is 0 Å². The lowest BCUT2D eigenvalue weighted by atomic mass is 9.95. The van der Waals surface area contributed by atoms with Crippen molar-refractivity contribution in [3.8, 4) is 11.5 Å². The van der Waals surface area contributed by atoms with Crippen molar-refractivity contribution >= 4 is 55.7 Å². The van der Waals surface area contributed by atoms with Crippen molar-refractivity contribution in [2.75, 3.05) is 18.6 Å². The molecule has 1 saturated heterocycles. The number of amides is 1. The average molecular weight is 521 g/mol. The topological polar surface area (TPSA) is 89.0 Å². The number of carbonyl (C=O) groups excluding carboxylic acids is 2. The number of nitrogens with zero attached hydrogens (tertiary/aromatic N) is 2. The SMILES string of the molecule is CCOc1cccc(/C(O)=C2\C(=O)C(=O)N(c3nc4ccc(OC)cc4s3)C2c2cccc(Cl)c2)c1. The summed E-state index contributed by atoms with van der Waals surface area (Å²) in [4.78, 5) is 32.7. The molecule has 1 aliphatic rings. The first-order valence-corrected chi connectivity index (χ1v) is 12.3. The summed E-state index contributed by atoms with van der Waals surface area (Å²) in [7, 11) is 1.57. The molecule has 182 valence electrons. The zero-order chi connectivity index (χ0) is 25.4. The number of ketones is 1. The summed E-state index contributed by atoms with van der Waals surface area (Å²) >= 11 is 7.53. The number of rotatable bonds is 6. The number of ether oxygens (including phenoxy) is 2. The van der Waals surface area contributed by atoms with Gasteiger partial charge in [0.15, 0.2) is 5.13 Å². The molecule has 1 fully saturated rings. The van der Waals surface area contributed by atoms with Crippen LogP contribution in [-0.2, 0) is 9.59 Å². The molecule has 1 N–H and O–H groups in total. The Morgan fingerprint density at radius 2 is 1.89 bits per heavy atom. The van der Waals surface area contributed by atoms with Crippen molar-refractivity contribution in [2.24, 2.45) is 0 Å². The van der Waals surface area contributed by atoms with Crippen LogP contribution in [0, 0.1) is 0 Å². The summed E-state index contributed by atoms with van der Waals surface area (Å²) in [5.41, 5.74) is 1.54.